The van der Waals surface area contributed by atoms with Gasteiger partial charge in [0, 0.05) is 34.1 Å². The van der Waals surface area contributed by atoms with E-state index in [0.717, 1.165) is 0 Å². The molecule has 1 radical (unpaired) electrons. The molecular weight excluding hydrogens is 178 g/mol. The minimum absolute atomic E-state index is 0. The maximum absolute atomic E-state index is 0. The average Bonchev–Trinajstić information content (AvgIpc) is 0. The Hall–Kier alpha value is 2.83. The van der Waals surface area contributed by atoms with Gasteiger partial charge in [0.2, 0.25) is 0 Å². The molecule has 0 atom stereocenters. The first kappa shape index (κ1) is 29.0. The van der Waals surface area contributed by atoms with Gasteiger partial charge in [0.1, 0.15) is 0 Å². The molecule has 0 aromatic rings. The molecular formula is H5AlCaFeMn. The molecule has 0 N–H and O–H groups in total. The fourth-order valence-corrected chi connectivity index (χ4v) is 0. The van der Waals surface area contributed by atoms with Crippen molar-refractivity contribution in [3.05, 3.63) is 0 Å². The van der Waals surface area contributed by atoms with Crippen LogP contribution in [0.4, 0.5) is 0 Å². The van der Waals surface area contributed by atoms with Crippen molar-refractivity contribution in [1.82, 2.24) is 0 Å². The van der Waals surface area contributed by atoms with Gasteiger partial charge in [-0.15, -0.1) is 0 Å². The van der Waals surface area contributed by atoms with Crippen LogP contribution in [0.1, 0.15) is 2.85 Å². The van der Waals surface area contributed by atoms with Crippen LogP contribution >= 0.6 is 0 Å². The van der Waals surface area contributed by atoms with Gasteiger partial charge < -0.3 is 2.85 Å². The second kappa shape index (κ2) is 17.0. The van der Waals surface area contributed by atoms with Crippen LogP contribution in [0.15, 0.2) is 0 Å². The summed E-state index contributed by atoms with van der Waals surface area (Å²) in [6, 6.07) is 0. The van der Waals surface area contributed by atoms with Gasteiger partial charge in [-0.3, -0.25) is 0 Å². The van der Waals surface area contributed by atoms with Crippen LogP contribution < -0.4 is 0 Å². The molecule has 0 aliphatic rings. The number of rotatable bonds is 0. The third-order valence-corrected chi connectivity index (χ3v) is 0. The van der Waals surface area contributed by atoms with Gasteiger partial charge in [0.05, 0.1) is 0 Å². The molecule has 4 heteroatoms. The maximum atomic E-state index is 0. The molecule has 0 aliphatic carbocycles. The van der Waals surface area contributed by atoms with Crippen molar-refractivity contribution < 1.29 is 37.0 Å². The Morgan fingerprint density at radius 2 is 1.25 bits per heavy atom. The van der Waals surface area contributed by atoms with Crippen molar-refractivity contribution in [2.45, 2.75) is 0 Å². The van der Waals surface area contributed by atoms with E-state index in [1.807, 2.05) is 0 Å². The zero-order valence-electron chi connectivity index (χ0n) is 3.44. The van der Waals surface area contributed by atoms with E-state index in [-0.39, 0.29) is 92.1 Å². The summed E-state index contributed by atoms with van der Waals surface area (Å²) >= 11 is 0. The Bertz CT molecular complexity index is 13.5. The Morgan fingerprint density at radius 3 is 1.25 bits per heavy atom. The first-order valence-electron chi connectivity index (χ1n) is 0. The third kappa shape index (κ3) is 8.85. The quantitative estimate of drug-likeness (QED) is 0.407. The van der Waals surface area contributed by atoms with Crippen LogP contribution in [0.25, 0.3) is 0 Å². The van der Waals surface area contributed by atoms with Crippen molar-refractivity contribution in [1.29, 1.82) is 0 Å². The van der Waals surface area contributed by atoms with Gasteiger partial charge >= 0.3 is 37.7 Å². The summed E-state index contributed by atoms with van der Waals surface area (Å²) in [6.45, 7) is 0. The standard InChI is InChI=1S/Al.Ca.Fe.Mn.5H/q;+2;;;;;;2*-1. The van der Waals surface area contributed by atoms with Crippen molar-refractivity contribution in [3.63, 3.8) is 0 Å². The largest absolute Gasteiger partial charge is 2.00 e. The Labute approximate surface area is 90.5 Å². The Morgan fingerprint density at radius 1 is 1.25 bits per heavy atom. The third-order valence-electron chi connectivity index (χ3n) is 0. The summed E-state index contributed by atoms with van der Waals surface area (Å²) in [6.07, 6.45) is 0. The SMILES string of the molecule is [AlH3].[Ca+2].[Fe].[H-].[H-].[Mn]. The molecule has 0 saturated carbocycles. The molecule has 0 fully saturated rings. The van der Waals surface area contributed by atoms with Gasteiger partial charge in [0.15, 0.2) is 17.4 Å². The molecule has 0 aliphatic heterocycles. The minimum atomic E-state index is 0. The van der Waals surface area contributed by atoms with E-state index in [2.05, 4.69) is 0 Å². The molecule has 4 heavy (non-hydrogen) atoms. The van der Waals surface area contributed by atoms with Crippen LogP contribution in [-0.4, -0.2) is 55.1 Å². The fraction of sp³-hybridized carbons (Fsp3) is 0. The Balaban J connectivity index is 0. The molecule has 0 nitrogen and oxygen atoms in total. The van der Waals surface area contributed by atoms with Crippen LogP contribution in [0.5, 0.6) is 0 Å². The molecule has 0 unspecified atom stereocenters. The smallest absolute Gasteiger partial charge is 1.00 e. The molecule has 0 heterocycles. The second-order valence-corrected chi connectivity index (χ2v) is 0. The molecule has 0 bridgehead atoms. The molecule has 0 aromatic heterocycles. The predicted molar refractivity (Wildman–Crippen MR) is 17.9 cm³/mol. The van der Waals surface area contributed by atoms with Crippen LogP contribution in [0, 0.1) is 0 Å². The fourth-order valence-electron chi connectivity index (χ4n) is 0. The molecule has 0 saturated heterocycles. The maximum Gasteiger partial charge on any atom is 2.00 e. The van der Waals surface area contributed by atoms with Gasteiger partial charge in [0.25, 0.3) is 0 Å². The van der Waals surface area contributed by atoms with E-state index >= 15 is 0 Å². The van der Waals surface area contributed by atoms with Gasteiger partial charge in [-0.05, 0) is 0 Å². The van der Waals surface area contributed by atoms with E-state index < -0.39 is 0 Å². The van der Waals surface area contributed by atoms with E-state index in [0.29, 0.717) is 0 Å². The molecule has 0 aromatic carbocycles. The van der Waals surface area contributed by atoms with E-state index in [4.69, 9.17) is 0 Å². The summed E-state index contributed by atoms with van der Waals surface area (Å²) in [4.78, 5) is 0. The van der Waals surface area contributed by atoms with Crippen molar-refractivity contribution in [2.24, 2.45) is 0 Å². The van der Waals surface area contributed by atoms with E-state index in [1.165, 1.54) is 0 Å². The summed E-state index contributed by atoms with van der Waals surface area (Å²) in [5.74, 6) is 0. The predicted octanol–water partition coefficient (Wildman–Crippen LogP) is -1.34. The van der Waals surface area contributed by atoms with Gasteiger partial charge in [-0.25, -0.2) is 0 Å². The minimum Gasteiger partial charge on any atom is -1.00 e. The molecule has 0 rings (SSSR count). The number of hydrogen-bond donors (Lipinski definition) is 0. The summed E-state index contributed by atoms with van der Waals surface area (Å²) in [5, 5.41) is 0. The normalized spacial score (nSPS) is 0. The van der Waals surface area contributed by atoms with Crippen molar-refractivity contribution >= 4 is 55.1 Å². The van der Waals surface area contributed by atoms with Crippen molar-refractivity contribution in [3.8, 4) is 0 Å². The zero-order valence-corrected chi connectivity index (χ0v) is 5.93. The average molecular weight is 183 g/mol. The molecule has 0 amide bonds. The van der Waals surface area contributed by atoms with Crippen LogP contribution in [0.3, 0.4) is 0 Å². The van der Waals surface area contributed by atoms with Crippen LogP contribution in [-0.2, 0) is 34.1 Å². The first-order chi connectivity index (χ1) is 0. The monoisotopic (exact) mass is 183 g/mol. The summed E-state index contributed by atoms with van der Waals surface area (Å²) in [5.41, 5.74) is 0. The molecule has 25 valence electrons. The second-order valence-electron chi connectivity index (χ2n) is 0. The van der Waals surface area contributed by atoms with Gasteiger partial charge in [-0.1, -0.05) is 0 Å². The number of hydrogen-bond acceptors (Lipinski definition) is 0. The van der Waals surface area contributed by atoms with E-state index in [9.17, 15) is 0 Å². The first-order valence-corrected chi connectivity index (χ1v) is 0. The van der Waals surface area contributed by atoms with E-state index in [1.54, 1.807) is 0 Å². The zero-order chi connectivity index (χ0) is 0. The topological polar surface area (TPSA) is 0 Å². The molecule has 0 spiro atoms. The van der Waals surface area contributed by atoms with Crippen LogP contribution in [0.2, 0.25) is 0 Å². The summed E-state index contributed by atoms with van der Waals surface area (Å²) < 4.78 is 0. The van der Waals surface area contributed by atoms with Crippen molar-refractivity contribution in [2.75, 3.05) is 0 Å². The summed E-state index contributed by atoms with van der Waals surface area (Å²) in [7, 11) is 0. The Kier molecular flexibility index (Phi) is 123. The van der Waals surface area contributed by atoms with Gasteiger partial charge in [-0.2, -0.15) is 0 Å².